The molecule has 31 heavy (non-hydrogen) atoms. The van der Waals surface area contributed by atoms with Crippen molar-refractivity contribution >= 4 is 0 Å². The molecule has 0 amide bonds. The fraction of sp³-hybridized carbons (Fsp3) is 0.935. The second-order valence-electron chi connectivity index (χ2n) is 12.8. The normalized spacial score (nSPS) is 39.2. The Hall–Kier alpha value is -0.260. The van der Waals surface area contributed by atoms with Crippen LogP contribution in [0, 0.1) is 47.3 Å². The van der Waals surface area contributed by atoms with Gasteiger partial charge in [-0.2, -0.15) is 0 Å². The van der Waals surface area contributed by atoms with Gasteiger partial charge >= 0.3 is 0 Å². The van der Waals surface area contributed by atoms with Crippen LogP contribution in [0.3, 0.4) is 0 Å². The average molecular weight is 425 g/mol. The summed E-state index contributed by atoms with van der Waals surface area (Å²) in [5, 5.41) is 0. The van der Waals surface area contributed by atoms with Gasteiger partial charge in [-0.3, -0.25) is 0 Å². The van der Waals surface area contributed by atoms with E-state index in [9.17, 15) is 0 Å². The molecule has 176 valence electrons. The lowest BCUT2D eigenvalue weighted by Gasteiger charge is -2.47. The third-order valence-electron chi connectivity index (χ3n) is 11.0. The minimum Gasteiger partial charge on any atom is -0.0879 e. The molecule has 0 spiro atoms. The standard InChI is InChI=1S/C31H52/c1-4-11-24(12-5-1)19-20-25-21-22-30(31(23-25)27-15-8-3-9-16-27)29-18-10-17-28(29)26-13-6-2-7-14-26/h10,17,24-31H,1-9,11-16,18-23H2. The van der Waals surface area contributed by atoms with Crippen LogP contribution in [-0.4, -0.2) is 0 Å². The van der Waals surface area contributed by atoms with Crippen molar-refractivity contribution < 1.29 is 0 Å². The van der Waals surface area contributed by atoms with Crippen molar-refractivity contribution in [2.45, 2.75) is 135 Å². The zero-order valence-electron chi connectivity index (χ0n) is 20.6. The molecule has 0 nitrogen and oxygen atoms in total. The van der Waals surface area contributed by atoms with Crippen molar-refractivity contribution in [2.75, 3.05) is 0 Å². The summed E-state index contributed by atoms with van der Waals surface area (Å²) in [6.45, 7) is 0. The van der Waals surface area contributed by atoms with E-state index in [1.54, 1.807) is 57.8 Å². The van der Waals surface area contributed by atoms with E-state index >= 15 is 0 Å². The van der Waals surface area contributed by atoms with Gasteiger partial charge < -0.3 is 0 Å². The third kappa shape index (κ3) is 5.63. The molecule has 5 rings (SSSR count). The summed E-state index contributed by atoms with van der Waals surface area (Å²) in [6, 6.07) is 0. The Morgan fingerprint density at radius 3 is 1.81 bits per heavy atom. The van der Waals surface area contributed by atoms with Crippen LogP contribution in [0.15, 0.2) is 12.2 Å². The second-order valence-corrected chi connectivity index (χ2v) is 12.8. The Kier molecular flexibility index (Phi) is 8.17. The molecule has 5 aliphatic carbocycles. The van der Waals surface area contributed by atoms with Crippen LogP contribution in [-0.2, 0) is 0 Å². The predicted molar refractivity (Wildman–Crippen MR) is 134 cm³/mol. The summed E-state index contributed by atoms with van der Waals surface area (Å²) in [5.41, 5.74) is 0. The van der Waals surface area contributed by atoms with Crippen LogP contribution in [0.1, 0.15) is 135 Å². The smallest absolute Gasteiger partial charge is 0.0171 e. The van der Waals surface area contributed by atoms with E-state index in [1.807, 2.05) is 0 Å². The zero-order valence-corrected chi connectivity index (χ0v) is 20.6. The van der Waals surface area contributed by atoms with Crippen molar-refractivity contribution in [3.63, 3.8) is 0 Å². The van der Waals surface area contributed by atoms with Crippen LogP contribution in [0.5, 0.6) is 0 Å². The van der Waals surface area contributed by atoms with Gasteiger partial charge in [-0.1, -0.05) is 115 Å². The lowest BCUT2D eigenvalue weighted by Crippen LogP contribution is -2.39. The van der Waals surface area contributed by atoms with Gasteiger partial charge in [-0.15, -0.1) is 0 Å². The summed E-state index contributed by atoms with van der Waals surface area (Å²) < 4.78 is 0. The highest BCUT2D eigenvalue weighted by Crippen LogP contribution is 2.53. The Balaban J connectivity index is 1.24. The molecular formula is C31H52. The molecule has 0 aliphatic heterocycles. The lowest BCUT2D eigenvalue weighted by molar-refractivity contribution is 0.0316. The monoisotopic (exact) mass is 424 g/mol. The maximum atomic E-state index is 2.72. The number of hydrogen-bond donors (Lipinski definition) is 0. The minimum atomic E-state index is 0.954. The molecule has 0 N–H and O–H groups in total. The molecule has 5 unspecified atom stereocenters. The maximum absolute atomic E-state index is 2.72. The topological polar surface area (TPSA) is 0 Å². The van der Waals surface area contributed by atoms with Crippen molar-refractivity contribution in [1.29, 1.82) is 0 Å². The van der Waals surface area contributed by atoms with Crippen LogP contribution in [0.4, 0.5) is 0 Å². The number of allylic oxidation sites excluding steroid dienone is 2. The summed E-state index contributed by atoms with van der Waals surface area (Å²) >= 11 is 0. The molecule has 0 aromatic heterocycles. The third-order valence-corrected chi connectivity index (χ3v) is 11.0. The molecular weight excluding hydrogens is 372 g/mol. The van der Waals surface area contributed by atoms with Crippen LogP contribution in [0.2, 0.25) is 0 Å². The first-order valence-corrected chi connectivity index (χ1v) is 15.0. The Bertz CT molecular complexity index is 542. The molecule has 0 radical (unpaired) electrons. The zero-order chi connectivity index (χ0) is 20.9. The van der Waals surface area contributed by atoms with Crippen molar-refractivity contribution in [3.8, 4) is 0 Å². The number of hydrogen-bond acceptors (Lipinski definition) is 0. The largest absolute Gasteiger partial charge is 0.0879 e. The Labute approximate surface area is 194 Å². The van der Waals surface area contributed by atoms with Crippen molar-refractivity contribution in [3.05, 3.63) is 12.2 Å². The molecule has 4 fully saturated rings. The van der Waals surface area contributed by atoms with E-state index in [4.69, 9.17) is 0 Å². The molecule has 0 heterocycles. The van der Waals surface area contributed by atoms with E-state index in [-0.39, 0.29) is 0 Å². The first kappa shape index (κ1) is 22.5. The van der Waals surface area contributed by atoms with Gasteiger partial charge in [0.25, 0.3) is 0 Å². The lowest BCUT2D eigenvalue weighted by atomic mass is 9.58. The molecule has 0 aromatic carbocycles. The fourth-order valence-corrected chi connectivity index (χ4v) is 9.34. The summed E-state index contributed by atoms with van der Waals surface area (Å²) in [6.07, 6.45) is 37.7. The highest BCUT2D eigenvalue weighted by atomic mass is 14.5. The Morgan fingerprint density at radius 2 is 1.10 bits per heavy atom. The SMILES string of the molecule is C1=CC(C2CCCCC2)C(C2CCC(CCC3CCCCC3)CC2C2CCCCC2)C1. The highest BCUT2D eigenvalue weighted by molar-refractivity contribution is 5.07. The minimum absolute atomic E-state index is 0.954. The summed E-state index contributed by atoms with van der Waals surface area (Å²) in [5.74, 6) is 8.42. The van der Waals surface area contributed by atoms with E-state index in [0.717, 1.165) is 47.3 Å². The second kappa shape index (κ2) is 11.2. The van der Waals surface area contributed by atoms with Gasteiger partial charge in [-0.05, 0) is 79.4 Å². The van der Waals surface area contributed by atoms with Crippen molar-refractivity contribution in [2.24, 2.45) is 47.3 Å². The van der Waals surface area contributed by atoms with Gasteiger partial charge in [0.2, 0.25) is 0 Å². The molecule has 0 bridgehead atoms. The van der Waals surface area contributed by atoms with Crippen LogP contribution in [0.25, 0.3) is 0 Å². The van der Waals surface area contributed by atoms with E-state index in [0.29, 0.717) is 0 Å². The Morgan fingerprint density at radius 1 is 0.484 bits per heavy atom. The van der Waals surface area contributed by atoms with E-state index < -0.39 is 0 Å². The van der Waals surface area contributed by atoms with Gasteiger partial charge in [0.15, 0.2) is 0 Å². The molecule has 5 aliphatic rings. The first-order valence-electron chi connectivity index (χ1n) is 15.0. The average Bonchev–Trinajstić information content (AvgIpc) is 3.34. The van der Waals surface area contributed by atoms with Crippen molar-refractivity contribution in [1.82, 2.24) is 0 Å². The quantitative estimate of drug-likeness (QED) is 0.372. The molecule has 5 atom stereocenters. The van der Waals surface area contributed by atoms with Gasteiger partial charge in [0.05, 0.1) is 0 Å². The fourth-order valence-electron chi connectivity index (χ4n) is 9.34. The molecule has 4 saturated carbocycles. The predicted octanol–water partition coefficient (Wildman–Crippen LogP) is 9.73. The summed E-state index contributed by atoms with van der Waals surface area (Å²) in [7, 11) is 0. The molecule has 0 heteroatoms. The first-order chi connectivity index (χ1) is 15.4. The molecule has 0 aromatic rings. The maximum Gasteiger partial charge on any atom is -0.0171 e. The van der Waals surface area contributed by atoms with Gasteiger partial charge in [0, 0.05) is 0 Å². The highest BCUT2D eigenvalue weighted by Gasteiger charge is 2.44. The number of rotatable bonds is 6. The summed E-state index contributed by atoms with van der Waals surface area (Å²) in [4.78, 5) is 0. The van der Waals surface area contributed by atoms with Gasteiger partial charge in [0.1, 0.15) is 0 Å². The van der Waals surface area contributed by atoms with Gasteiger partial charge in [-0.25, -0.2) is 0 Å². The van der Waals surface area contributed by atoms with E-state index in [1.165, 1.54) is 77.0 Å². The molecule has 0 saturated heterocycles. The van der Waals surface area contributed by atoms with Crippen LogP contribution >= 0.6 is 0 Å². The van der Waals surface area contributed by atoms with E-state index in [2.05, 4.69) is 12.2 Å². The van der Waals surface area contributed by atoms with Crippen LogP contribution < -0.4 is 0 Å².